The predicted octanol–water partition coefficient (Wildman–Crippen LogP) is 3.21. The summed E-state index contributed by atoms with van der Waals surface area (Å²) in [4.78, 5) is 5.02. The molecule has 2 rings (SSSR count). The van der Waals surface area contributed by atoms with Gasteiger partial charge in [-0.15, -0.1) is 0 Å². The van der Waals surface area contributed by atoms with Gasteiger partial charge >= 0.3 is 0 Å². The Balaban J connectivity index is 1.75. The van der Waals surface area contributed by atoms with Gasteiger partial charge < -0.3 is 9.80 Å². The number of hydrogen-bond donors (Lipinski definition) is 0. The molecule has 1 aliphatic heterocycles. The summed E-state index contributed by atoms with van der Waals surface area (Å²) in [6.45, 7) is 6.06. The fourth-order valence-corrected chi connectivity index (χ4v) is 2.96. The number of hydrogen-bond acceptors (Lipinski definition) is 2. The van der Waals surface area contributed by atoms with Crippen LogP contribution in [0.4, 0.5) is 0 Å². The summed E-state index contributed by atoms with van der Waals surface area (Å²) in [6, 6.07) is 11.7. The minimum atomic E-state index is 0.662. The van der Waals surface area contributed by atoms with Gasteiger partial charge in [0.2, 0.25) is 0 Å². The Labute approximate surface area is 118 Å². The first kappa shape index (κ1) is 14.5. The molecular formula is C17H28N2. The monoisotopic (exact) mass is 260 g/mol. The number of nitrogens with zero attached hydrogens (tertiary/aromatic N) is 2. The summed E-state index contributed by atoms with van der Waals surface area (Å²) in [5.74, 6) is 0.662. The van der Waals surface area contributed by atoms with Crippen molar-refractivity contribution in [1.29, 1.82) is 0 Å². The van der Waals surface area contributed by atoms with E-state index in [9.17, 15) is 0 Å². The highest BCUT2D eigenvalue weighted by molar-refractivity contribution is 5.18. The van der Waals surface area contributed by atoms with Gasteiger partial charge in [0.25, 0.3) is 0 Å². The van der Waals surface area contributed by atoms with E-state index in [0.29, 0.717) is 5.92 Å². The highest BCUT2D eigenvalue weighted by Crippen LogP contribution is 2.20. The third kappa shape index (κ3) is 4.32. The highest BCUT2D eigenvalue weighted by Gasteiger charge is 2.20. The second kappa shape index (κ2) is 7.06. The normalized spacial score (nSPS) is 19.8. The topological polar surface area (TPSA) is 6.48 Å². The SMILES string of the molecule is C[C@@H](CCN(C)C1CCN(C)CC1)c1ccccc1. The Bertz CT molecular complexity index is 355. The quantitative estimate of drug-likeness (QED) is 0.802. The summed E-state index contributed by atoms with van der Waals surface area (Å²) in [7, 11) is 4.53. The Morgan fingerprint density at radius 2 is 1.84 bits per heavy atom. The molecule has 1 atom stereocenters. The van der Waals surface area contributed by atoms with E-state index in [-0.39, 0.29) is 0 Å². The van der Waals surface area contributed by atoms with Crippen LogP contribution in [0.1, 0.15) is 37.7 Å². The van der Waals surface area contributed by atoms with Crippen LogP contribution >= 0.6 is 0 Å². The first-order valence-corrected chi connectivity index (χ1v) is 7.60. The molecule has 0 saturated carbocycles. The number of piperidine rings is 1. The van der Waals surface area contributed by atoms with E-state index in [2.05, 4.69) is 61.2 Å². The van der Waals surface area contributed by atoms with Crippen molar-refractivity contribution in [2.24, 2.45) is 0 Å². The molecule has 1 fully saturated rings. The Morgan fingerprint density at radius 3 is 2.47 bits per heavy atom. The summed E-state index contributed by atoms with van der Waals surface area (Å²) in [5.41, 5.74) is 1.47. The smallest absolute Gasteiger partial charge is 0.0117 e. The minimum Gasteiger partial charge on any atom is -0.306 e. The molecule has 1 aliphatic rings. The molecule has 0 radical (unpaired) electrons. The van der Waals surface area contributed by atoms with E-state index in [1.165, 1.54) is 44.5 Å². The van der Waals surface area contributed by atoms with Gasteiger partial charge in [-0.05, 0) is 64.5 Å². The maximum Gasteiger partial charge on any atom is 0.0117 e. The van der Waals surface area contributed by atoms with Crippen LogP contribution in [0.5, 0.6) is 0 Å². The van der Waals surface area contributed by atoms with Crippen LogP contribution in [0.15, 0.2) is 30.3 Å². The lowest BCUT2D eigenvalue weighted by atomic mass is 9.97. The van der Waals surface area contributed by atoms with Gasteiger partial charge in [0.05, 0.1) is 0 Å². The fraction of sp³-hybridized carbons (Fsp3) is 0.647. The first-order chi connectivity index (χ1) is 9.16. The van der Waals surface area contributed by atoms with Gasteiger partial charge in [-0.25, -0.2) is 0 Å². The summed E-state index contributed by atoms with van der Waals surface area (Å²) in [6.07, 6.45) is 3.91. The number of rotatable bonds is 5. The third-order valence-electron chi connectivity index (χ3n) is 4.59. The van der Waals surface area contributed by atoms with Crippen LogP contribution in [0.2, 0.25) is 0 Å². The van der Waals surface area contributed by atoms with Crippen molar-refractivity contribution in [3.63, 3.8) is 0 Å². The maximum absolute atomic E-state index is 2.58. The van der Waals surface area contributed by atoms with Crippen molar-refractivity contribution < 1.29 is 0 Å². The molecule has 1 aromatic rings. The predicted molar refractivity (Wildman–Crippen MR) is 82.6 cm³/mol. The molecule has 106 valence electrons. The van der Waals surface area contributed by atoms with Gasteiger partial charge in [0.15, 0.2) is 0 Å². The van der Waals surface area contributed by atoms with Crippen LogP contribution < -0.4 is 0 Å². The van der Waals surface area contributed by atoms with Crippen LogP contribution in [-0.2, 0) is 0 Å². The third-order valence-corrected chi connectivity index (χ3v) is 4.59. The lowest BCUT2D eigenvalue weighted by Gasteiger charge is -2.35. The van der Waals surface area contributed by atoms with E-state index >= 15 is 0 Å². The van der Waals surface area contributed by atoms with Gasteiger partial charge in [0.1, 0.15) is 0 Å². The van der Waals surface area contributed by atoms with Gasteiger partial charge in [0, 0.05) is 6.04 Å². The molecule has 1 saturated heterocycles. The van der Waals surface area contributed by atoms with Crippen molar-refractivity contribution in [3.8, 4) is 0 Å². The Morgan fingerprint density at radius 1 is 1.21 bits per heavy atom. The average Bonchev–Trinajstić information content (AvgIpc) is 2.46. The zero-order valence-electron chi connectivity index (χ0n) is 12.7. The lowest BCUT2D eigenvalue weighted by Crippen LogP contribution is -2.42. The molecule has 0 aromatic heterocycles. The maximum atomic E-state index is 2.58. The molecule has 0 unspecified atom stereocenters. The Hall–Kier alpha value is -0.860. The van der Waals surface area contributed by atoms with E-state index in [1.54, 1.807) is 0 Å². The summed E-state index contributed by atoms with van der Waals surface area (Å²) >= 11 is 0. The van der Waals surface area contributed by atoms with Crippen LogP contribution in [0.3, 0.4) is 0 Å². The van der Waals surface area contributed by atoms with Crippen molar-refractivity contribution in [3.05, 3.63) is 35.9 Å². The standard InChI is InChI=1S/C17H28N2/c1-15(16-7-5-4-6-8-16)9-14-19(3)17-10-12-18(2)13-11-17/h4-8,15,17H,9-14H2,1-3H3/t15-/m0/s1. The molecule has 2 heteroatoms. The minimum absolute atomic E-state index is 0.662. The molecule has 0 N–H and O–H groups in total. The largest absolute Gasteiger partial charge is 0.306 e. The van der Waals surface area contributed by atoms with Crippen molar-refractivity contribution in [2.75, 3.05) is 33.7 Å². The van der Waals surface area contributed by atoms with Crippen LogP contribution in [-0.4, -0.2) is 49.6 Å². The lowest BCUT2D eigenvalue weighted by molar-refractivity contribution is 0.142. The van der Waals surface area contributed by atoms with Gasteiger partial charge in [-0.3, -0.25) is 0 Å². The second-order valence-electron chi connectivity index (χ2n) is 6.12. The van der Waals surface area contributed by atoms with E-state index in [4.69, 9.17) is 0 Å². The zero-order chi connectivity index (χ0) is 13.7. The highest BCUT2D eigenvalue weighted by atomic mass is 15.2. The van der Waals surface area contributed by atoms with Gasteiger partial charge in [-0.1, -0.05) is 37.3 Å². The molecular weight excluding hydrogens is 232 g/mol. The van der Waals surface area contributed by atoms with Gasteiger partial charge in [-0.2, -0.15) is 0 Å². The molecule has 1 heterocycles. The van der Waals surface area contributed by atoms with E-state index in [0.717, 1.165) is 6.04 Å². The Kier molecular flexibility index (Phi) is 5.41. The number of likely N-dealkylation sites (tertiary alicyclic amines) is 1. The molecule has 0 amide bonds. The molecule has 0 bridgehead atoms. The average molecular weight is 260 g/mol. The van der Waals surface area contributed by atoms with Crippen molar-refractivity contribution in [1.82, 2.24) is 9.80 Å². The summed E-state index contributed by atoms with van der Waals surface area (Å²) < 4.78 is 0. The fourth-order valence-electron chi connectivity index (χ4n) is 2.96. The number of benzene rings is 1. The van der Waals surface area contributed by atoms with E-state index in [1.807, 2.05) is 0 Å². The second-order valence-corrected chi connectivity index (χ2v) is 6.12. The summed E-state index contributed by atoms with van der Waals surface area (Å²) in [5, 5.41) is 0. The van der Waals surface area contributed by atoms with Crippen LogP contribution in [0, 0.1) is 0 Å². The van der Waals surface area contributed by atoms with Crippen molar-refractivity contribution in [2.45, 2.75) is 38.1 Å². The zero-order valence-corrected chi connectivity index (χ0v) is 12.7. The van der Waals surface area contributed by atoms with E-state index < -0.39 is 0 Å². The molecule has 19 heavy (non-hydrogen) atoms. The molecule has 0 spiro atoms. The first-order valence-electron chi connectivity index (χ1n) is 7.60. The molecule has 0 aliphatic carbocycles. The molecule has 2 nitrogen and oxygen atoms in total. The molecule has 1 aromatic carbocycles. The van der Waals surface area contributed by atoms with Crippen LogP contribution in [0.25, 0.3) is 0 Å². The van der Waals surface area contributed by atoms with Crippen molar-refractivity contribution >= 4 is 0 Å².